The molecule has 144 valence electrons. The summed E-state index contributed by atoms with van der Waals surface area (Å²) in [6.07, 6.45) is -6.85. The van der Waals surface area contributed by atoms with E-state index >= 15 is 0 Å². The van der Waals surface area contributed by atoms with Crippen molar-refractivity contribution in [1.29, 1.82) is 0 Å². The number of benzene rings is 1. The quantitative estimate of drug-likeness (QED) is 0.482. The average molecular weight is 380 g/mol. The Morgan fingerprint density at radius 3 is 2.42 bits per heavy atom. The Bertz CT molecular complexity index is 750. The van der Waals surface area contributed by atoms with Crippen LogP contribution in [-0.4, -0.2) is 35.6 Å². The number of rotatable bonds is 7. The molecule has 0 fully saturated rings. The van der Waals surface area contributed by atoms with Crippen LogP contribution in [0.25, 0.3) is 10.8 Å². The SMILES string of the molecule is CCCCc1cc2ccccc2c(OC(F)C(F)(F)N(C)C(F)(F)F)n1. The van der Waals surface area contributed by atoms with Gasteiger partial charge in [0.2, 0.25) is 5.88 Å². The second-order valence-corrected chi connectivity index (χ2v) is 5.79. The van der Waals surface area contributed by atoms with E-state index in [2.05, 4.69) is 9.72 Å². The van der Waals surface area contributed by atoms with Crippen LogP contribution in [0.1, 0.15) is 25.5 Å². The molecule has 1 aromatic heterocycles. The highest BCUT2D eigenvalue weighted by Crippen LogP contribution is 2.36. The van der Waals surface area contributed by atoms with Gasteiger partial charge >= 0.3 is 18.7 Å². The van der Waals surface area contributed by atoms with E-state index in [0.29, 0.717) is 17.5 Å². The summed E-state index contributed by atoms with van der Waals surface area (Å²) >= 11 is 0. The molecule has 0 bridgehead atoms. The van der Waals surface area contributed by atoms with Crippen LogP contribution in [0.3, 0.4) is 0 Å². The Morgan fingerprint density at radius 2 is 1.81 bits per heavy atom. The number of likely N-dealkylation sites (N-methyl/N-ethyl adjacent to an activating group) is 1. The lowest BCUT2D eigenvalue weighted by Gasteiger charge is -2.30. The third-order valence-corrected chi connectivity index (χ3v) is 3.86. The number of fused-ring (bicyclic) bond motifs is 1. The molecule has 0 aliphatic rings. The Balaban J connectivity index is 2.36. The number of aryl methyl sites for hydroxylation is 1. The monoisotopic (exact) mass is 380 g/mol. The van der Waals surface area contributed by atoms with Crippen molar-refractivity contribution >= 4 is 10.8 Å². The van der Waals surface area contributed by atoms with Gasteiger partial charge in [0.05, 0.1) is 0 Å². The van der Waals surface area contributed by atoms with Gasteiger partial charge in [0.15, 0.2) is 0 Å². The van der Waals surface area contributed by atoms with Crippen LogP contribution in [0.2, 0.25) is 0 Å². The van der Waals surface area contributed by atoms with E-state index in [1.54, 1.807) is 24.3 Å². The van der Waals surface area contributed by atoms with E-state index in [1.807, 2.05) is 6.92 Å². The van der Waals surface area contributed by atoms with Gasteiger partial charge in [-0.3, -0.25) is 0 Å². The first-order valence-electron chi connectivity index (χ1n) is 7.95. The Morgan fingerprint density at radius 1 is 1.15 bits per heavy atom. The van der Waals surface area contributed by atoms with Crippen molar-refractivity contribution in [2.24, 2.45) is 0 Å². The molecule has 3 nitrogen and oxygen atoms in total. The summed E-state index contributed by atoms with van der Waals surface area (Å²) in [5, 5.41) is 0.809. The number of alkyl halides is 6. The molecule has 0 aliphatic carbocycles. The Labute approximate surface area is 146 Å². The molecule has 1 heterocycles. The third kappa shape index (κ3) is 4.38. The number of nitrogens with zero attached hydrogens (tertiary/aromatic N) is 2. The zero-order valence-corrected chi connectivity index (χ0v) is 14.2. The van der Waals surface area contributed by atoms with Crippen molar-refractivity contribution in [3.63, 3.8) is 0 Å². The standard InChI is InChI=1S/C17H18F6N2O/c1-3-4-8-12-10-11-7-5-6-9-13(11)14(24-12)26-15(18)16(19,20)25(2)17(21,22)23/h5-7,9-10,15H,3-4,8H2,1-2H3. The minimum absolute atomic E-state index is 0.0547. The maximum Gasteiger partial charge on any atom is 0.464 e. The van der Waals surface area contributed by atoms with E-state index in [-0.39, 0.29) is 12.4 Å². The van der Waals surface area contributed by atoms with Gasteiger partial charge in [0, 0.05) is 18.1 Å². The predicted octanol–water partition coefficient (Wildman–Crippen LogP) is 5.30. The maximum atomic E-state index is 14.0. The smallest absolute Gasteiger partial charge is 0.435 e. The summed E-state index contributed by atoms with van der Waals surface area (Å²) < 4.78 is 83.6. The Hall–Kier alpha value is -2.03. The lowest BCUT2D eigenvalue weighted by molar-refractivity contribution is -0.354. The van der Waals surface area contributed by atoms with Crippen molar-refractivity contribution in [2.75, 3.05) is 7.05 Å². The highest BCUT2D eigenvalue weighted by atomic mass is 19.4. The molecule has 0 saturated carbocycles. The number of hydrogen-bond donors (Lipinski definition) is 0. The number of ether oxygens (including phenoxy) is 1. The van der Waals surface area contributed by atoms with Gasteiger partial charge in [-0.25, -0.2) is 4.98 Å². The van der Waals surface area contributed by atoms with Crippen molar-refractivity contribution in [3.8, 4) is 5.88 Å². The molecule has 1 aromatic carbocycles. The van der Waals surface area contributed by atoms with Gasteiger partial charge in [0.1, 0.15) is 0 Å². The lowest BCUT2D eigenvalue weighted by atomic mass is 10.1. The second kappa shape index (κ2) is 7.69. The summed E-state index contributed by atoms with van der Waals surface area (Å²) in [4.78, 5) is 2.69. The van der Waals surface area contributed by atoms with Crippen molar-refractivity contribution in [1.82, 2.24) is 9.88 Å². The van der Waals surface area contributed by atoms with Crippen molar-refractivity contribution in [3.05, 3.63) is 36.0 Å². The lowest BCUT2D eigenvalue weighted by Crippen LogP contribution is -2.54. The topological polar surface area (TPSA) is 25.4 Å². The van der Waals surface area contributed by atoms with Crippen LogP contribution in [0.4, 0.5) is 26.3 Å². The molecule has 0 amide bonds. The molecule has 0 aliphatic heterocycles. The number of hydrogen-bond acceptors (Lipinski definition) is 3. The van der Waals surface area contributed by atoms with Crippen LogP contribution in [0.5, 0.6) is 5.88 Å². The fourth-order valence-corrected chi connectivity index (χ4v) is 2.29. The first kappa shape index (κ1) is 20.3. The maximum absolute atomic E-state index is 14.0. The van der Waals surface area contributed by atoms with Crippen LogP contribution >= 0.6 is 0 Å². The van der Waals surface area contributed by atoms with Crippen LogP contribution in [0, 0.1) is 0 Å². The number of unbranched alkanes of at least 4 members (excludes halogenated alkanes) is 1. The molecule has 0 radical (unpaired) electrons. The molecule has 0 spiro atoms. The zero-order chi connectivity index (χ0) is 19.5. The fraction of sp³-hybridized carbons (Fsp3) is 0.471. The first-order valence-corrected chi connectivity index (χ1v) is 7.95. The molecular formula is C17H18F6N2O. The second-order valence-electron chi connectivity index (χ2n) is 5.79. The van der Waals surface area contributed by atoms with Gasteiger partial charge in [-0.2, -0.15) is 31.2 Å². The van der Waals surface area contributed by atoms with Crippen LogP contribution in [-0.2, 0) is 6.42 Å². The summed E-state index contributed by atoms with van der Waals surface area (Å²) in [6.45, 7) is 1.95. The summed E-state index contributed by atoms with van der Waals surface area (Å²) in [7, 11) is 0.0547. The molecular weight excluding hydrogens is 362 g/mol. The normalized spacial score (nSPS) is 14.0. The summed E-state index contributed by atoms with van der Waals surface area (Å²) in [5.74, 6) is -0.461. The number of halogens is 6. The highest BCUT2D eigenvalue weighted by molar-refractivity contribution is 5.87. The van der Waals surface area contributed by atoms with E-state index in [4.69, 9.17) is 0 Å². The van der Waals surface area contributed by atoms with Crippen LogP contribution in [0.15, 0.2) is 30.3 Å². The summed E-state index contributed by atoms with van der Waals surface area (Å²) in [5.41, 5.74) is 0.486. The van der Waals surface area contributed by atoms with Crippen LogP contribution < -0.4 is 4.74 Å². The van der Waals surface area contributed by atoms with Gasteiger partial charge in [0.25, 0.3) is 0 Å². The van der Waals surface area contributed by atoms with Gasteiger partial charge in [-0.05, 0) is 30.4 Å². The number of aromatic nitrogens is 1. The first-order chi connectivity index (χ1) is 12.1. The molecule has 0 N–H and O–H groups in total. The van der Waals surface area contributed by atoms with E-state index in [0.717, 1.165) is 12.8 Å². The van der Waals surface area contributed by atoms with Gasteiger partial charge < -0.3 is 4.74 Å². The van der Waals surface area contributed by atoms with E-state index in [9.17, 15) is 26.3 Å². The van der Waals surface area contributed by atoms with Crippen molar-refractivity contribution < 1.29 is 31.1 Å². The third-order valence-electron chi connectivity index (χ3n) is 3.86. The largest absolute Gasteiger partial charge is 0.464 e. The fourth-order valence-electron chi connectivity index (χ4n) is 2.29. The molecule has 2 rings (SSSR count). The summed E-state index contributed by atoms with van der Waals surface area (Å²) in [6, 6.07) is 3.18. The highest BCUT2D eigenvalue weighted by Gasteiger charge is 2.57. The minimum atomic E-state index is -5.42. The number of pyridine rings is 1. The van der Waals surface area contributed by atoms with E-state index in [1.165, 1.54) is 6.07 Å². The van der Waals surface area contributed by atoms with Crippen molar-refractivity contribution in [2.45, 2.75) is 44.9 Å². The average Bonchev–Trinajstić information content (AvgIpc) is 2.58. The van der Waals surface area contributed by atoms with Gasteiger partial charge in [-0.15, -0.1) is 0 Å². The Kier molecular flexibility index (Phi) is 6.00. The predicted molar refractivity (Wildman–Crippen MR) is 84.6 cm³/mol. The van der Waals surface area contributed by atoms with E-state index < -0.39 is 29.5 Å². The molecule has 26 heavy (non-hydrogen) atoms. The molecule has 1 unspecified atom stereocenters. The molecule has 1 atom stereocenters. The zero-order valence-electron chi connectivity index (χ0n) is 14.2. The van der Waals surface area contributed by atoms with Gasteiger partial charge in [-0.1, -0.05) is 31.5 Å². The molecule has 0 saturated heterocycles. The molecule has 9 heteroatoms. The molecule has 2 aromatic rings. The minimum Gasteiger partial charge on any atom is -0.435 e.